The average molecular weight is 267 g/mol. The Morgan fingerprint density at radius 2 is 1.93 bits per heavy atom. The maximum absolute atomic E-state index is 11.1. The fourth-order valence-corrected chi connectivity index (χ4v) is 2.62. The fourth-order valence-electron chi connectivity index (χ4n) is 1.16. The first-order chi connectivity index (χ1) is 6.75. The molecular formula is C11H7BrOS. The molecule has 0 aliphatic carbocycles. The Morgan fingerprint density at radius 1 is 1.21 bits per heavy atom. The Morgan fingerprint density at radius 3 is 2.50 bits per heavy atom. The smallest absolute Gasteiger partial charge is 0.218 e. The highest BCUT2D eigenvalue weighted by molar-refractivity contribution is 9.12. The van der Waals surface area contributed by atoms with Gasteiger partial charge in [-0.05, 0) is 39.3 Å². The molecule has 0 fully saturated rings. The Balaban J connectivity index is 2.29. The molecule has 0 N–H and O–H groups in total. The van der Waals surface area contributed by atoms with Crippen molar-refractivity contribution in [1.82, 2.24) is 0 Å². The Hall–Kier alpha value is -0.800. The number of hydrogen-bond donors (Lipinski definition) is 0. The predicted molar refractivity (Wildman–Crippen MR) is 64.0 cm³/mol. The molecule has 3 heteroatoms. The molecule has 0 radical (unpaired) electrons. The molecule has 1 aromatic rings. The van der Waals surface area contributed by atoms with Crippen molar-refractivity contribution in [3.63, 3.8) is 0 Å². The molecule has 70 valence electrons. The predicted octanol–water partition coefficient (Wildman–Crippen LogP) is 3.58. The van der Waals surface area contributed by atoms with Crippen LogP contribution in [0.3, 0.4) is 0 Å². The van der Waals surface area contributed by atoms with Crippen molar-refractivity contribution in [2.45, 2.75) is 0 Å². The van der Waals surface area contributed by atoms with Gasteiger partial charge in [0.25, 0.3) is 0 Å². The normalized spacial score (nSPS) is 18.8. The van der Waals surface area contributed by atoms with Gasteiger partial charge in [-0.1, -0.05) is 30.3 Å². The monoisotopic (exact) mass is 266 g/mol. The summed E-state index contributed by atoms with van der Waals surface area (Å²) in [4.78, 5) is 12.0. The van der Waals surface area contributed by atoms with E-state index in [1.54, 1.807) is 6.08 Å². The van der Waals surface area contributed by atoms with E-state index in [2.05, 4.69) is 15.9 Å². The van der Waals surface area contributed by atoms with Gasteiger partial charge in [-0.25, -0.2) is 0 Å². The van der Waals surface area contributed by atoms with Crippen LogP contribution in [0.4, 0.5) is 0 Å². The van der Waals surface area contributed by atoms with Crippen LogP contribution in [0.5, 0.6) is 0 Å². The van der Waals surface area contributed by atoms with Crippen LogP contribution < -0.4 is 0 Å². The second kappa shape index (κ2) is 4.15. The van der Waals surface area contributed by atoms with Crippen LogP contribution in [0.15, 0.2) is 45.8 Å². The summed E-state index contributed by atoms with van der Waals surface area (Å²) in [5.74, 6) is 0. The van der Waals surface area contributed by atoms with Gasteiger partial charge in [0.2, 0.25) is 5.12 Å². The van der Waals surface area contributed by atoms with Crippen molar-refractivity contribution in [3.05, 3.63) is 51.4 Å². The molecular weight excluding hydrogens is 260 g/mol. The van der Waals surface area contributed by atoms with Gasteiger partial charge in [0.1, 0.15) is 0 Å². The molecule has 1 aliphatic heterocycles. The molecule has 1 aromatic carbocycles. The van der Waals surface area contributed by atoms with Crippen molar-refractivity contribution in [1.29, 1.82) is 0 Å². The van der Waals surface area contributed by atoms with E-state index in [9.17, 15) is 4.79 Å². The molecule has 1 aliphatic rings. The number of thioether (sulfide) groups is 1. The summed E-state index contributed by atoms with van der Waals surface area (Å²) in [6, 6.07) is 9.95. The molecule has 2 rings (SSSR count). The molecule has 14 heavy (non-hydrogen) atoms. The first-order valence-corrected chi connectivity index (χ1v) is 5.73. The maximum atomic E-state index is 11.1. The topological polar surface area (TPSA) is 17.1 Å². The zero-order valence-electron chi connectivity index (χ0n) is 7.24. The summed E-state index contributed by atoms with van der Waals surface area (Å²) in [5.41, 5.74) is 1.11. The van der Waals surface area contributed by atoms with Crippen molar-refractivity contribution >= 4 is 38.9 Å². The highest BCUT2D eigenvalue weighted by atomic mass is 79.9. The van der Waals surface area contributed by atoms with E-state index in [1.807, 2.05) is 36.4 Å². The average Bonchev–Trinajstić information content (AvgIpc) is 2.47. The molecule has 0 aromatic heterocycles. The quantitative estimate of drug-likeness (QED) is 0.773. The molecule has 0 amide bonds. The van der Waals surface area contributed by atoms with Gasteiger partial charge >= 0.3 is 0 Å². The van der Waals surface area contributed by atoms with Gasteiger partial charge in [-0.2, -0.15) is 0 Å². The third-order valence-electron chi connectivity index (χ3n) is 1.79. The lowest BCUT2D eigenvalue weighted by Crippen LogP contribution is -1.75. The van der Waals surface area contributed by atoms with Gasteiger partial charge < -0.3 is 0 Å². The van der Waals surface area contributed by atoms with Gasteiger partial charge in [0.05, 0.1) is 0 Å². The van der Waals surface area contributed by atoms with E-state index in [-0.39, 0.29) is 5.12 Å². The molecule has 0 unspecified atom stereocenters. The van der Waals surface area contributed by atoms with Crippen LogP contribution in [0.1, 0.15) is 5.56 Å². The lowest BCUT2D eigenvalue weighted by atomic mass is 10.2. The zero-order valence-corrected chi connectivity index (χ0v) is 9.64. The molecule has 1 heterocycles. The lowest BCUT2D eigenvalue weighted by Gasteiger charge is -1.96. The summed E-state index contributed by atoms with van der Waals surface area (Å²) in [7, 11) is 0. The molecule has 0 atom stereocenters. The van der Waals surface area contributed by atoms with Crippen molar-refractivity contribution in [3.8, 4) is 0 Å². The largest absolute Gasteiger partial charge is 0.282 e. The number of halogens is 1. The number of allylic oxidation sites excluding steroid dienone is 1. The van der Waals surface area contributed by atoms with E-state index in [0.29, 0.717) is 0 Å². The highest BCUT2D eigenvalue weighted by Gasteiger charge is 2.16. The minimum atomic E-state index is 0.0825. The molecule has 0 saturated carbocycles. The second-order valence-corrected chi connectivity index (χ2v) is 4.73. The third kappa shape index (κ3) is 2.16. The summed E-state index contributed by atoms with van der Waals surface area (Å²) in [6.07, 6.45) is 3.59. The van der Waals surface area contributed by atoms with E-state index >= 15 is 0 Å². The van der Waals surface area contributed by atoms with E-state index in [4.69, 9.17) is 0 Å². The van der Waals surface area contributed by atoms with Crippen LogP contribution >= 0.6 is 27.7 Å². The van der Waals surface area contributed by atoms with Gasteiger partial charge in [-0.3, -0.25) is 4.79 Å². The summed E-state index contributed by atoms with van der Waals surface area (Å²) >= 11 is 4.60. The van der Waals surface area contributed by atoms with Gasteiger partial charge in [-0.15, -0.1) is 0 Å². The van der Waals surface area contributed by atoms with Gasteiger partial charge in [0, 0.05) is 15.5 Å². The summed E-state index contributed by atoms with van der Waals surface area (Å²) in [5, 5.41) is 0.0825. The highest BCUT2D eigenvalue weighted by Crippen LogP contribution is 2.37. The Bertz CT molecular complexity index is 420. The van der Waals surface area contributed by atoms with Gasteiger partial charge in [0.15, 0.2) is 0 Å². The number of carbonyl (C=O) groups excluding carboxylic acids is 1. The van der Waals surface area contributed by atoms with E-state index < -0.39 is 0 Å². The maximum Gasteiger partial charge on any atom is 0.218 e. The standard InChI is InChI=1S/C11H7BrOS/c12-9-7-11(13)14-10(9)6-8-4-2-1-3-5-8/h1-7H/b10-6-. The SMILES string of the molecule is O=C1C=C(Br)/C(=C/c2ccccc2)S1. The molecule has 0 saturated heterocycles. The van der Waals surface area contributed by atoms with Crippen LogP contribution in [0.25, 0.3) is 6.08 Å². The number of carbonyl (C=O) groups is 1. The minimum Gasteiger partial charge on any atom is -0.282 e. The zero-order chi connectivity index (χ0) is 9.97. The summed E-state index contributed by atoms with van der Waals surface area (Å²) < 4.78 is 0.872. The number of rotatable bonds is 1. The number of benzene rings is 1. The van der Waals surface area contributed by atoms with Crippen molar-refractivity contribution < 1.29 is 4.79 Å². The number of hydrogen-bond acceptors (Lipinski definition) is 2. The van der Waals surface area contributed by atoms with E-state index in [1.165, 1.54) is 11.8 Å². The first kappa shape index (κ1) is 9.74. The van der Waals surface area contributed by atoms with Crippen molar-refractivity contribution in [2.24, 2.45) is 0 Å². The molecule has 0 spiro atoms. The van der Waals surface area contributed by atoms with Crippen LogP contribution in [-0.4, -0.2) is 5.12 Å². The van der Waals surface area contributed by atoms with E-state index in [0.717, 1.165) is 15.0 Å². The Kier molecular flexibility index (Phi) is 2.89. The molecule has 1 nitrogen and oxygen atoms in total. The fraction of sp³-hybridized carbons (Fsp3) is 0. The van der Waals surface area contributed by atoms with Crippen LogP contribution in [0.2, 0.25) is 0 Å². The van der Waals surface area contributed by atoms with Crippen LogP contribution in [-0.2, 0) is 4.79 Å². The third-order valence-corrected chi connectivity index (χ3v) is 3.58. The summed E-state index contributed by atoms with van der Waals surface area (Å²) in [6.45, 7) is 0. The lowest BCUT2D eigenvalue weighted by molar-refractivity contribution is -0.106. The first-order valence-electron chi connectivity index (χ1n) is 4.12. The minimum absolute atomic E-state index is 0.0825. The van der Waals surface area contributed by atoms with Crippen molar-refractivity contribution in [2.75, 3.05) is 0 Å². The Labute approximate surface area is 95.0 Å². The second-order valence-electron chi connectivity index (χ2n) is 2.83. The van der Waals surface area contributed by atoms with Crippen LogP contribution in [0, 0.1) is 0 Å². The molecule has 0 bridgehead atoms.